The fourth-order valence-corrected chi connectivity index (χ4v) is 5.50. The Morgan fingerprint density at radius 3 is 2.31 bits per heavy atom. The van der Waals surface area contributed by atoms with Crippen molar-refractivity contribution in [1.29, 1.82) is 0 Å². The van der Waals surface area contributed by atoms with Gasteiger partial charge in [0, 0.05) is 42.5 Å². The van der Waals surface area contributed by atoms with Crippen molar-refractivity contribution >= 4 is 44.8 Å². The molecule has 2 aromatic carbocycles. The Morgan fingerprint density at radius 1 is 1.03 bits per heavy atom. The van der Waals surface area contributed by atoms with Crippen LogP contribution in [0.1, 0.15) is 30.3 Å². The molecule has 35 heavy (non-hydrogen) atoms. The van der Waals surface area contributed by atoms with Crippen LogP contribution in [0.3, 0.4) is 0 Å². The van der Waals surface area contributed by atoms with E-state index in [4.69, 9.17) is 11.6 Å². The number of carbonyl (C=O) groups is 2. The van der Waals surface area contributed by atoms with Gasteiger partial charge in [-0.2, -0.15) is 9.40 Å². The molecule has 3 aromatic rings. The van der Waals surface area contributed by atoms with Crippen molar-refractivity contribution in [2.24, 2.45) is 5.92 Å². The van der Waals surface area contributed by atoms with Crippen molar-refractivity contribution in [3.63, 3.8) is 0 Å². The molecule has 2 amide bonds. The van der Waals surface area contributed by atoms with Crippen LogP contribution < -0.4 is 10.6 Å². The third-order valence-corrected chi connectivity index (χ3v) is 8.03. The number of halogens is 1. The summed E-state index contributed by atoms with van der Waals surface area (Å²) in [6, 6.07) is 15.0. The van der Waals surface area contributed by atoms with Gasteiger partial charge in [0.05, 0.1) is 10.6 Å². The normalized spacial score (nSPS) is 15.0. The molecule has 0 atom stereocenters. The van der Waals surface area contributed by atoms with Crippen LogP contribution in [-0.4, -0.2) is 47.4 Å². The van der Waals surface area contributed by atoms with Gasteiger partial charge >= 0.3 is 0 Å². The molecule has 1 aliphatic rings. The number of sulfonamides is 1. The van der Waals surface area contributed by atoms with Crippen molar-refractivity contribution in [2.75, 3.05) is 23.7 Å². The average molecular weight is 516 g/mol. The number of aromatic nitrogens is 2. The van der Waals surface area contributed by atoms with Gasteiger partial charge in [-0.05, 0) is 56.2 Å². The van der Waals surface area contributed by atoms with Gasteiger partial charge < -0.3 is 10.6 Å². The molecule has 0 unspecified atom stereocenters. The Balaban J connectivity index is 1.41. The van der Waals surface area contributed by atoms with Gasteiger partial charge in [0.1, 0.15) is 0 Å². The maximum atomic E-state index is 13.0. The zero-order valence-corrected chi connectivity index (χ0v) is 20.7. The van der Waals surface area contributed by atoms with Crippen LogP contribution >= 0.6 is 11.6 Å². The molecule has 0 bridgehead atoms. The molecule has 0 radical (unpaired) electrons. The number of amides is 2. The van der Waals surface area contributed by atoms with E-state index in [2.05, 4.69) is 15.7 Å². The molecule has 11 heteroatoms. The Labute approximate surface area is 209 Å². The Morgan fingerprint density at radius 2 is 1.69 bits per heavy atom. The van der Waals surface area contributed by atoms with E-state index in [0.29, 0.717) is 35.8 Å². The minimum atomic E-state index is -3.66. The first kappa shape index (κ1) is 24.9. The van der Waals surface area contributed by atoms with Crippen molar-refractivity contribution in [3.8, 4) is 0 Å². The maximum absolute atomic E-state index is 13.0. The van der Waals surface area contributed by atoms with E-state index in [0.717, 1.165) is 0 Å². The van der Waals surface area contributed by atoms with Crippen molar-refractivity contribution in [1.82, 2.24) is 14.1 Å². The van der Waals surface area contributed by atoms with Gasteiger partial charge in [0.2, 0.25) is 15.9 Å². The smallest absolute Gasteiger partial charge is 0.278 e. The summed E-state index contributed by atoms with van der Waals surface area (Å²) in [5.41, 5.74) is 1.06. The van der Waals surface area contributed by atoms with Gasteiger partial charge in [-0.25, -0.2) is 8.42 Å². The van der Waals surface area contributed by atoms with Gasteiger partial charge in [0.15, 0.2) is 5.69 Å². The lowest BCUT2D eigenvalue weighted by Crippen LogP contribution is -2.41. The molecule has 1 aromatic heterocycles. The number of carbonyl (C=O) groups excluding carboxylic acids is 2. The van der Waals surface area contributed by atoms with E-state index in [-0.39, 0.29) is 35.5 Å². The van der Waals surface area contributed by atoms with Crippen LogP contribution in [0, 0.1) is 5.92 Å². The first-order valence-electron chi connectivity index (χ1n) is 11.3. The van der Waals surface area contributed by atoms with Gasteiger partial charge in [-0.1, -0.05) is 29.8 Å². The molecular weight excluding hydrogens is 490 g/mol. The molecule has 0 saturated carbocycles. The molecule has 1 fully saturated rings. The fraction of sp³-hybridized carbons (Fsp3) is 0.292. The number of benzene rings is 2. The van der Waals surface area contributed by atoms with Gasteiger partial charge in [-0.3, -0.25) is 14.3 Å². The van der Waals surface area contributed by atoms with Gasteiger partial charge in [-0.15, -0.1) is 0 Å². The second-order valence-corrected chi connectivity index (χ2v) is 10.6. The summed E-state index contributed by atoms with van der Waals surface area (Å²) in [5, 5.41) is 10.4. The second-order valence-electron chi connectivity index (χ2n) is 8.19. The third kappa shape index (κ3) is 5.72. The first-order valence-corrected chi connectivity index (χ1v) is 13.1. The fourth-order valence-electron chi connectivity index (χ4n) is 3.90. The molecule has 0 spiro atoms. The predicted molar refractivity (Wildman–Crippen MR) is 134 cm³/mol. The number of nitrogens with one attached hydrogen (secondary N) is 2. The number of hydrogen-bond acceptors (Lipinski definition) is 5. The van der Waals surface area contributed by atoms with E-state index < -0.39 is 15.9 Å². The lowest BCUT2D eigenvalue weighted by molar-refractivity contribution is -0.120. The molecular formula is C24H26ClN5O4S. The van der Waals surface area contributed by atoms with Crippen molar-refractivity contribution in [3.05, 3.63) is 71.5 Å². The van der Waals surface area contributed by atoms with Crippen LogP contribution in [0.15, 0.2) is 65.7 Å². The van der Waals surface area contributed by atoms with E-state index in [9.17, 15) is 18.0 Å². The number of nitrogens with zero attached hydrogens (tertiary/aromatic N) is 3. The highest BCUT2D eigenvalue weighted by molar-refractivity contribution is 7.89. The number of aryl methyl sites for hydroxylation is 1. The lowest BCUT2D eigenvalue weighted by Gasteiger charge is -2.30. The highest BCUT2D eigenvalue weighted by Crippen LogP contribution is 2.26. The monoisotopic (exact) mass is 515 g/mol. The lowest BCUT2D eigenvalue weighted by atomic mass is 9.97. The molecule has 2 heterocycles. The van der Waals surface area contributed by atoms with E-state index in [1.807, 2.05) is 25.1 Å². The summed E-state index contributed by atoms with van der Waals surface area (Å²) < 4.78 is 28.8. The average Bonchev–Trinajstić information content (AvgIpc) is 3.28. The van der Waals surface area contributed by atoms with E-state index in [1.54, 1.807) is 23.0 Å². The number of para-hydroxylation sites is 1. The summed E-state index contributed by atoms with van der Waals surface area (Å²) >= 11 is 5.87. The van der Waals surface area contributed by atoms with Crippen molar-refractivity contribution in [2.45, 2.75) is 31.2 Å². The number of piperidine rings is 1. The number of hydrogen-bond donors (Lipinski definition) is 2. The summed E-state index contributed by atoms with van der Waals surface area (Å²) in [6.07, 6.45) is 2.36. The van der Waals surface area contributed by atoms with E-state index in [1.165, 1.54) is 28.6 Å². The molecule has 184 valence electrons. The largest absolute Gasteiger partial charge is 0.323 e. The zero-order valence-electron chi connectivity index (χ0n) is 19.1. The molecule has 0 aliphatic carbocycles. The highest BCUT2D eigenvalue weighted by atomic mass is 35.5. The Kier molecular flexibility index (Phi) is 7.54. The number of anilines is 2. The highest BCUT2D eigenvalue weighted by Gasteiger charge is 2.32. The molecule has 2 N–H and O–H groups in total. The predicted octanol–water partition coefficient (Wildman–Crippen LogP) is 3.85. The van der Waals surface area contributed by atoms with Crippen LogP contribution in [0.5, 0.6) is 0 Å². The minimum Gasteiger partial charge on any atom is -0.323 e. The first-order chi connectivity index (χ1) is 16.8. The summed E-state index contributed by atoms with van der Waals surface area (Å²) in [5.74, 6) is -1.08. The quantitative estimate of drug-likeness (QED) is 0.496. The van der Waals surface area contributed by atoms with Crippen LogP contribution in [0.25, 0.3) is 0 Å². The summed E-state index contributed by atoms with van der Waals surface area (Å²) in [6.45, 7) is 2.86. The summed E-state index contributed by atoms with van der Waals surface area (Å²) in [7, 11) is -3.66. The SMILES string of the molecule is CCn1cc(NC(=O)C2CCN(S(=O)(=O)c3ccc(Cl)cc3)CC2)c(C(=O)Nc2ccccc2)n1. The third-order valence-electron chi connectivity index (χ3n) is 5.87. The zero-order chi connectivity index (χ0) is 25.0. The van der Waals surface area contributed by atoms with Crippen molar-refractivity contribution < 1.29 is 18.0 Å². The summed E-state index contributed by atoms with van der Waals surface area (Å²) in [4.78, 5) is 26.0. The second kappa shape index (κ2) is 10.6. The van der Waals surface area contributed by atoms with E-state index >= 15 is 0 Å². The topological polar surface area (TPSA) is 113 Å². The van der Waals surface area contributed by atoms with Crippen LogP contribution in [0.2, 0.25) is 5.02 Å². The van der Waals surface area contributed by atoms with Crippen LogP contribution in [0.4, 0.5) is 11.4 Å². The maximum Gasteiger partial charge on any atom is 0.278 e. The Bertz CT molecular complexity index is 1300. The molecule has 4 rings (SSSR count). The minimum absolute atomic E-state index is 0.117. The van der Waals surface area contributed by atoms with Crippen LogP contribution in [-0.2, 0) is 21.4 Å². The molecule has 1 saturated heterocycles. The van der Waals surface area contributed by atoms with Gasteiger partial charge in [0.25, 0.3) is 5.91 Å². The Hall–Kier alpha value is -3.21. The number of rotatable bonds is 7. The molecule has 1 aliphatic heterocycles. The standard InChI is InChI=1S/C24H26ClN5O4S/c1-2-29-16-21(22(28-29)24(32)26-19-6-4-3-5-7-19)27-23(31)17-12-14-30(15-13-17)35(33,34)20-10-8-18(25)9-11-20/h3-11,16-17H,2,12-15H2,1H3,(H,26,32)(H,27,31). The molecule has 9 nitrogen and oxygen atoms in total.